The lowest BCUT2D eigenvalue weighted by molar-refractivity contribution is 0.211. The average Bonchev–Trinajstić information content (AvgIpc) is 2.64. The average molecular weight is 258 g/mol. The Bertz CT molecular complexity index is 372. The van der Waals surface area contributed by atoms with Crippen LogP contribution < -0.4 is 5.32 Å². The molecule has 1 aromatic rings. The molecule has 0 bridgehead atoms. The second-order valence-corrected chi connectivity index (χ2v) is 6.16. The molecule has 1 heterocycles. The monoisotopic (exact) mass is 258 g/mol. The molecule has 0 spiro atoms. The standard InChI is InChI=1S/C17H26N2/c1-2-8-16(9-3-1)17-14-19(12-5-11-18-17)13-10-15-6-4-7-15/h1-3,8-9,15,17-18H,4-7,10-14H2. The van der Waals surface area contributed by atoms with E-state index in [2.05, 4.69) is 40.5 Å². The van der Waals surface area contributed by atoms with Gasteiger partial charge in [0.2, 0.25) is 0 Å². The lowest BCUT2D eigenvalue weighted by atomic mass is 9.83. The summed E-state index contributed by atoms with van der Waals surface area (Å²) in [5, 5.41) is 3.70. The molecular weight excluding hydrogens is 232 g/mol. The maximum absolute atomic E-state index is 3.70. The zero-order valence-electron chi connectivity index (χ0n) is 11.9. The number of nitrogens with one attached hydrogen (secondary N) is 1. The van der Waals surface area contributed by atoms with Crippen molar-refractivity contribution in [1.82, 2.24) is 10.2 Å². The number of hydrogen-bond acceptors (Lipinski definition) is 2. The summed E-state index contributed by atoms with van der Waals surface area (Å²) < 4.78 is 0. The van der Waals surface area contributed by atoms with Crippen molar-refractivity contribution in [3.63, 3.8) is 0 Å². The van der Waals surface area contributed by atoms with Gasteiger partial charge >= 0.3 is 0 Å². The van der Waals surface area contributed by atoms with Gasteiger partial charge in [0, 0.05) is 12.6 Å². The molecule has 0 amide bonds. The highest BCUT2D eigenvalue weighted by molar-refractivity contribution is 5.19. The normalized spacial score (nSPS) is 25.8. The van der Waals surface area contributed by atoms with Gasteiger partial charge in [-0.2, -0.15) is 0 Å². The number of rotatable bonds is 4. The fourth-order valence-corrected chi connectivity index (χ4v) is 3.25. The molecule has 2 fully saturated rings. The van der Waals surface area contributed by atoms with Gasteiger partial charge in [0.05, 0.1) is 0 Å². The van der Waals surface area contributed by atoms with Crippen LogP contribution in [0.25, 0.3) is 0 Å². The third kappa shape index (κ3) is 3.58. The largest absolute Gasteiger partial charge is 0.309 e. The first kappa shape index (κ1) is 13.1. The predicted molar refractivity (Wildman–Crippen MR) is 80.2 cm³/mol. The van der Waals surface area contributed by atoms with Gasteiger partial charge < -0.3 is 10.2 Å². The van der Waals surface area contributed by atoms with Crippen LogP contribution >= 0.6 is 0 Å². The van der Waals surface area contributed by atoms with E-state index < -0.39 is 0 Å². The minimum absolute atomic E-state index is 0.519. The van der Waals surface area contributed by atoms with E-state index in [0.717, 1.165) is 12.5 Å². The van der Waals surface area contributed by atoms with Gasteiger partial charge in [-0.05, 0) is 44.0 Å². The molecule has 1 saturated carbocycles. The number of hydrogen-bond donors (Lipinski definition) is 1. The first-order valence-corrected chi connectivity index (χ1v) is 7.92. The van der Waals surface area contributed by atoms with Gasteiger partial charge in [-0.1, -0.05) is 49.6 Å². The van der Waals surface area contributed by atoms with Crippen LogP contribution in [-0.2, 0) is 0 Å². The van der Waals surface area contributed by atoms with Crippen molar-refractivity contribution in [2.75, 3.05) is 26.2 Å². The van der Waals surface area contributed by atoms with Gasteiger partial charge in [0.25, 0.3) is 0 Å². The van der Waals surface area contributed by atoms with Crippen molar-refractivity contribution < 1.29 is 0 Å². The Morgan fingerprint density at radius 1 is 1.11 bits per heavy atom. The lowest BCUT2D eigenvalue weighted by Crippen LogP contribution is -2.33. The van der Waals surface area contributed by atoms with Gasteiger partial charge in [-0.25, -0.2) is 0 Å². The Morgan fingerprint density at radius 3 is 2.68 bits per heavy atom. The molecular formula is C17H26N2. The lowest BCUT2D eigenvalue weighted by Gasteiger charge is -2.30. The van der Waals surface area contributed by atoms with Crippen LogP contribution in [0.3, 0.4) is 0 Å². The van der Waals surface area contributed by atoms with E-state index in [0.29, 0.717) is 6.04 Å². The molecule has 3 rings (SSSR count). The Kier molecular flexibility index (Phi) is 4.52. The summed E-state index contributed by atoms with van der Waals surface area (Å²) in [7, 11) is 0. The Balaban J connectivity index is 1.56. The molecule has 2 heteroatoms. The van der Waals surface area contributed by atoms with Gasteiger partial charge in [-0.15, -0.1) is 0 Å². The van der Waals surface area contributed by atoms with Crippen LogP contribution in [-0.4, -0.2) is 31.1 Å². The van der Waals surface area contributed by atoms with Crippen LogP contribution in [0.4, 0.5) is 0 Å². The molecule has 19 heavy (non-hydrogen) atoms. The third-order valence-electron chi connectivity index (χ3n) is 4.76. The summed E-state index contributed by atoms with van der Waals surface area (Å²) in [4.78, 5) is 2.68. The summed E-state index contributed by atoms with van der Waals surface area (Å²) in [5.41, 5.74) is 1.44. The topological polar surface area (TPSA) is 15.3 Å². The van der Waals surface area contributed by atoms with E-state index in [9.17, 15) is 0 Å². The SMILES string of the molecule is c1ccc(C2CN(CCC3CCC3)CCCN2)cc1. The van der Waals surface area contributed by atoms with Crippen molar-refractivity contribution in [2.24, 2.45) is 5.92 Å². The molecule has 1 atom stereocenters. The first-order chi connectivity index (χ1) is 9.42. The van der Waals surface area contributed by atoms with Crippen molar-refractivity contribution in [1.29, 1.82) is 0 Å². The molecule has 2 nitrogen and oxygen atoms in total. The van der Waals surface area contributed by atoms with E-state index in [1.807, 2.05) is 0 Å². The van der Waals surface area contributed by atoms with Gasteiger partial charge in [0.15, 0.2) is 0 Å². The van der Waals surface area contributed by atoms with E-state index in [1.165, 1.54) is 57.3 Å². The molecule has 1 saturated heterocycles. The molecule has 0 aromatic heterocycles. The van der Waals surface area contributed by atoms with Crippen molar-refractivity contribution in [3.8, 4) is 0 Å². The van der Waals surface area contributed by atoms with Crippen molar-refractivity contribution >= 4 is 0 Å². The van der Waals surface area contributed by atoms with Gasteiger partial charge in [0.1, 0.15) is 0 Å². The van der Waals surface area contributed by atoms with Crippen LogP contribution in [0.15, 0.2) is 30.3 Å². The van der Waals surface area contributed by atoms with Crippen molar-refractivity contribution in [3.05, 3.63) is 35.9 Å². The van der Waals surface area contributed by atoms with Gasteiger partial charge in [-0.3, -0.25) is 0 Å². The molecule has 0 radical (unpaired) electrons. The maximum Gasteiger partial charge on any atom is 0.0449 e. The van der Waals surface area contributed by atoms with Crippen LogP contribution in [0, 0.1) is 5.92 Å². The first-order valence-electron chi connectivity index (χ1n) is 7.92. The fourth-order valence-electron chi connectivity index (χ4n) is 3.25. The van der Waals surface area contributed by atoms with E-state index in [4.69, 9.17) is 0 Å². The zero-order valence-corrected chi connectivity index (χ0v) is 11.9. The van der Waals surface area contributed by atoms with Crippen LogP contribution in [0.1, 0.15) is 43.7 Å². The molecule has 1 aliphatic heterocycles. The minimum atomic E-state index is 0.519. The van der Waals surface area contributed by atoms with Crippen molar-refractivity contribution in [2.45, 2.75) is 38.1 Å². The number of benzene rings is 1. The molecule has 1 unspecified atom stereocenters. The highest BCUT2D eigenvalue weighted by atomic mass is 15.2. The molecule has 1 aromatic carbocycles. The Labute approximate surface area is 117 Å². The maximum atomic E-state index is 3.70. The smallest absolute Gasteiger partial charge is 0.0449 e. The summed E-state index contributed by atoms with van der Waals surface area (Å²) in [6.45, 7) is 4.90. The molecule has 1 aliphatic carbocycles. The van der Waals surface area contributed by atoms with E-state index in [-0.39, 0.29) is 0 Å². The molecule has 104 valence electrons. The summed E-state index contributed by atoms with van der Waals surface area (Å²) in [5.74, 6) is 1.03. The summed E-state index contributed by atoms with van der Waals surface area (Å²) >= 11 is 0. The van der Waals surface area contributed by atoms with Crippen LogP contribution in [0.2, 0.25) is 0 Å². The zero-order chi connectivity index (χ0) is 12.9. The Hall–Kier alpha value is -0.860. The highest BCUT2D eigenvalue weighted by Crippen LogP contribution is 2.29. The fraction of sp³-hybridized carbons (Fsp3) is 0.647. The second-order valence-electron chi connectivity index (χ2n) is 6.16. The summed E-state index contributed by atoms with van der Waals surface area (Å²) in [6, 6.07) is 11.4. The van der Waals surface area contributed by atoms with E-state index in [1.54, 1.807) is 0 Å². The Morgan fingerprint density at radius 2 is 1.95 bits per heavy atom. The minimum Gasteiger partial charge on any atom is -0.309 e. The highest BCUT2D eigenvalue weighted by Gasteiger charge is 2.22. The number of nitrogens with zero attached hydrogens (tertiary/aromatic N) is 1. The van der Waals surface area contributed by atoms with E-state index >= 15 is 0 Å². The predicted octanol–water partition coefficient (Wildman–Crippen LogP) is 3.21. The van der Waals surface area contributed by atoms with Crippen LogP contribution in [0.5, 0.6) is 0 Å². The quantitative estimate of drug-likeness (QED) is 0.892. The summed E-state index contributed by atoms with van der Waals surface area (Å²) in [6.07, 6.45) is 7.14. The molecule has 1 N–H and O–H groups in total. The molecule has 2 aliphatic rings. The third-order valence-corrected chi connectivity index (χ3v) is 4.76. The second kappa shape index (κ2) is 6.53.